The summed E-state index contributed by atoms with van der Waals surface area (Å²) in [4.78, 5) is 24.7. The van der Waals surface area contributed by atoms with Gasteiger partial charge in [0.1, 0.15) is 0 Å². The van der Waals surface area contributed by atoms with Crippen molar-refractivity contribution in [1.29, 1.82) is 0 Å². The van der Waals surface area contributed by atoms with Crippen molar-refractivity contribution in [2.45, 2.75) is 52.2 Å². The number of benzene rings is 1. The molecule has 2 rings (SSSR count). The summed E-state index contributed by atoms with van der Waals surface area (Å²) in [5, 5.41) is 5.57. The van der Waals surface area contributed by atoms with Crippen LogP contribution in [-0.2, 0) is 4.79 Å². The highest BCUT2D eigenvalue weighted by Crippen LogP contribution is 2.25. The van der Waals surface area contributed by atoms with Gasteiger partial charge in [0.25, 0.3) is 5.91 Å². The number of hydrogen-bond acceptors (Lipinski definition) is 4. The molecule has 0 unspecified atom stereocenters. The summed E-state index contributed by atoms with van der Waals surface area (Å²) < 4.78 is 41.3. The third-order valence-electron chi connectivity index (χ3n) is 4.16. The molecule has 2 amide bonds. The first-order chi connectivity index (χ1) is 13.9. The zero-order valence-electron chi connectivity index (χ0n) is 18.2. The maximum Gasteiger partial charge on any atom is 0.387 e. The van der Waals surface area contributed by atoms with Crippen LogP contribution in [0.1, 0.15) is 50.4 Å². The molecule has 0 saturated heterocycles. The third-order valence-corrected chi connectivity index (χ3v) is 4.16. The Hall–Kier alpha value is -2.29. The molecule has 0 aromatic heterocycles. The Morgan fingerprint density at radius 2 is 1.87 bits per heavy atom. The number of ether oxygens (including phenoxy) is 1. The minimum Gasteiger partial charge on any atom is -0.432 e. The van der Waals surface area contributed by atoms with Gasteiger partial charge in [-0.05, 0) is 71.8 Å². The van der Waals surface area contributed by atoms with Crippen LogP contribution >= 0.6 is 0 Å². The Labute approximate surface area is 176 Å². The van der Waals surface area contributed by atoms with Gasteiger partial charge in [-0.2, -0.15) is 8.78 Å². The summed E-state index contributed by atoms with van der Waals surface area (Å²) in [6.45, 7) is 3.81. The van der Waals surface area contributed by atoms with Gasteiger partial charge in [-0.1, -0.05) is 6.42 Å². The number of nitrogens with one attached hydrogen (secondary N) is 2. The fraction of sp³-hybridized carbons (Fsp3) is 0.619. The number of nitrogens with zero attached hydrogens (tertiary/aromatic N) is 1. The summed E-state index contributed by atoms with van der Waals surface area (Å²) >= 11 is 0. The molecule has 1 aromatic rings. The van der Waals surface area contributed by atoms with Crippen LogP contribution in [0.2, 0.25) is 0 Å². The van der Waals surface area contributed by atoms with Gasteiger partial charge in [0, 0.05) is 17.6 Å². The zero-order chi connectivity index (χ0) is 22.9. The van der Waals surface area contributed by atoms with E-state index in [1.807, 2.05) is 39.8 Å². The van der Waals surface area contributed by atoms with Gasteiger partial charge in [0.2, 0.25) is 5.91 Å². The first kappa shape index (κ1) is 25.7. The number of carbonyl (C=O) groups excluding carboxylic acids is 2. The monoisotopic (exact) mass is 431 g/mol. The lowest BCUT2D eigenvalue weighted by atomic mass is 9.85. The van der Waals surface area contributed by atoms with Crippen molar-refractivity contribution in [3.8, 4) is 5.75 Å². The number of rotatable bonds is 7. The van der Waals surface area contributed by atoms with Crippen molar-refractivity contribution in [3.05, 3.63) is 29.6 Å². The fourth-order valence-corrected chi connectivity index (χ4v) is 2.61. The highest BCUT2D eigenvalue weighted by Gasteiger charge is 2.19. The van der Waals surface area contributed by atoms with E-state index < -0.39 is 24.1 Å². The van der Waals surface area contributed by atoms with E-state index >= 15 is 0 Å². The predicted octanol–water partition coefficient (Wildman–Crippen LogP) is 3.42. The van der Waals surface area contributed by atoms with Crippen LogP contribution in [0.25, 0.3) is 0 Å². The van der Waals surface area contributed by atoms with Gasteiger partial charge in [-0.15, -0.1) is 0 Å². The van der Waals surface area contributed by atoms with Crippen molar-refractivity contribution < 1.29 is 27.5 Å². The Morgan fingerprint density at radius 1 is 1.23 bits per heavy atom. The highest BCUT2D eigenvalue weighted by atomic mass is 19.3. The van der Waals surface area contributed by atoms with Gasteiger partial charge >= 0.3 is 6.61 Å². The SMILES string of the molecule is CN(C)CC(=O)NC(C)(C)C.O=C(NCC1CCC1)c1ccc(F)c(OC(F)F)c1. The predicted molar refractivity (Wildman–Crippen MR) is 109 cm³/mol. The number of hydrogen-bond donors (Lipinski definition) is 2. The molecule has 170 valence electrons. The van der Waals surface area contributed by atoms with E-state index in [1.165, 1.54) is 12.5 Å². The van der Waals surface area contributed by atoms with Crippen molar-refractivity contribution in [2.75, 3.05) is 27.2 Å². The molecule has 1 aliphatic rings. The summed E-state index contributed by atoms with van der Waals surface area (Å²) in [5.41, 5.74) is -0.0102. The Bertz CT molecular complexity index is 702. The van der Waals surface area contributed by atoms with Gasteiger partial charge in [-0.25, -0.2) is 4.39 Å². The normalized spacial score (nSPS) is 13.9. The minimum absolute atomic E-state index is 0.0718. The largest absolute Gasteiger partial charge is 0.432 e. The van der Waals surface area contributed by atoms with E-state index in [9.17, 15) is 22.8 Å². The van der Waals surface area contributed by atoms with Gasteiger partial charge in [0.05, 0.1) is 6.54 Å². The molecule has 2 N–H and O–H groups in total. The molecule has 0 atom stereocenters. The minimum atomic E-state index is -3.12. The first-order valence-electron chi connectivity index (χ1n) is 9.85. The molecular weight excluding hydrogens is 399 g/mol. The molecular formula is C21H32F3N3O3. The molecule has 0 aliphatic heterocycles. The van der Waals surface area contributed by atoms with E-state index in [0.717, 1.165) is 25.0 Å². The standard InChI is InChI=1S/C13H14F3NO2.C8H18N2O/c14-10-5-4-9(6-11(10)19-13(15)16)12(18)17-7-8-2-1-3-8;1-8(2,3)9-7(11)6-10(4)5/h4-6,8,13H,1-3,7H2,(H,17,18);6H2,1-5H3,(H,9,11). The average Bonchev–Trinajstić information content (AvgIpc) is 2.52. The van der Waals surface area contributed by atoms with Gasteiger partial charge in [0.15, 0.2) is 11.6 Å². The Balaban J connectivity index is 0.000000352. The lowest BCUT2D eigenvalue weighted by Gasteiger charge is -2.25. The average molecular weight is 431 g/mol. The molecule has 1 aliphatic carbocycles. The Morgan fingerprint density at radius 3 is 2.33 bits per heavy atom. The smallest absolute Gasteiger partial charge is 0.387 e. The molecule has 0 spiro atoms. The molecule has 1 aromatic carbocycles. The van der Waals surface area contributed by atoms with Crippen molar-refractivity contribution >= 4 is 11.8 Å². The fourth-order valence-electron chi connectivity index (χ4n) is 2.61. The van der Waals surface area contributed by atoms with Crippen LogP contribution in [0, 0.1) is 11.7 Å². The van der Waals surface area contributed by atoms with Crippen molar-refractivity contribution in [2.24, 2.45) is 5.92 Å². The van der Waals surface area contributed by atoms with E-state index in [4.69, 9.17) is 0 Å². The number of halogens is 3. The van der Waals surface area contributed by atoms with E-state index in [2.05, 4.69) is 15.4 Å². The summed E-state index contributed by atoms with van der Waals surface area (Å²) in [6, 6.07) is 3.16. The van der Waals surface area contributed by atoms with Gasteiger partial charge in [-0.3, -0.25) is 9.59 Å². The van der Waals surface area contributed by atoms with Crippen LogP contribution < -0.4 is 15.4 Å². The van der Waals surface area contributed by atoms with Crippen LogP contribution in [0.3, 0.4) is 0 Å². The summed E-state index contributed by atoms with van der Waals surface area (Å²) in [6.07, 6.45) is 3.34. The van der Waals surface area contributed by atoms with Crippen molar-refractivity contribution in [1.82, 2.24) is 15.5 Å². The number of amides is 2. The summed E-state index contributed by atoms with van der Waals surface area (Å²) in [5.74, 6) is -1.39. The third kappa shape index (κ3) is 10.5. The number of carbonyl (C=O) groups is 2. The molecule has 0 heterocycles. The molecule has 0 bridgehead atoms. The van der Waals surface area contributed by atoms with E-state index in [1.54, 1.807) is 0 Å². The molecule has 30 heavy (non-hydrogen) atoms. The quantitative estimate of drug-likeness (QED) is 0.694. The lowest BCUT2D eigenvalue weighted by Crippen LogP contribution is -2.44. The van der Waals surface area contributed by atoms with Crippen molar-refractivity contribution in [3.63, 3.8) is 0 Å². The molecule has 0 radical (unpaired) electrons. The zero-order valence-corrected chi connectivity index (χ0v) is 18.2. The molecule has 6 nitrogen and oxygen atoms in total. The maximum absolute atomic E-state index is 13.2. The lowest BCUT2D eigenvalue weighted by molar-refractivity contribution is -0.123. The second-order valence-electron chi connectivity index (χ2n) is 8.57. The van der Waals surface area contributed by atoms with Crippen LogP contribution in [0.5, 0.6) is 5.75 Å². The van der Waals surface area contributed by atoms with E-state index in [-0.39, 0.29) is 17.0 Å². The molecule has 1 saturated carbocycles. The maximum atomic E-state index is 13.2. The van der Waals surface area contributed by atoms with Crippen LogP contribution in [0.4, 0.5) is 13.2 Å². The first-order valence-corrected chi connectivity index (χ1v) is 9.85. The van der Waals surface area contributed by atoms with Crippen LogP contribution in [-0.4, -0.2) is 56.0 Å². The van der Waals surface area contributed by atoms with Gasteiger partial charge < -0.3 is 20.3 Å². The molecule has 9 heteroatoms. The highest BCUT2D eigenvalue weighted by molar-refractivity contribution is 5.94. The number of likely N-dealkylation sites (N-methyl/N-ethyl adjacent to an activating group) is 1. The van der Waals surface area contributed by atoms with Crippen LogP contribution in [0.15, 0.2) is 18.2 Å². The summed E-state index contributed by atoms with van der Waals surface area (Å²) in [7, 11) is 3.75. The second kappa shape index (κ2) is 11.8. The molecule has 1 fully saturated rings. The van der Waals surface area contributed by atoms with E-state index in [0.29, 0.717) is 19.0 Å². The topological polar surface area (TPSA) is 70.7 Å². The number of alkyl halides is 2. The Kier molecular flexibility index (Phi) is 10.1. The second-order valence-corrected chi connectivity index (χ2v) is 8.57.